The highest BCUT2D eigenvalue weighted by Crippen LogP contribution is 2.23. The van der Waals surface area contributed by atoms with Crippen LogP contribution in [0.25, 0.3) is 11.6 Å². The normalized spacial score (nSPS) is 20.2. The molecule has 1 fully saturated rings. The lowest BCUT2D eigenvalue weighted by molar-refractivity contribution is 0.392. The first-order chi connectivity index (χ1) is 8.86. The first-order valence-electron chi connectivity index (χ1n) is 6.45. The summed E-state index contributed by atoms with van der Waals surface area (Å²) >= 11 is 0. The molecular formula is C12H17N5O. The van der Waals surface area contributed by atoms with Crippen molar-refractivity contribution in [1.82, 2.24) is 25.2 Å². The van der Waals surface area contributed by atoms with Gasteiger partial charge in [-0.05, 0) is 32.4 Å². The zero-order valence-corrected chi connectivity index (χ0v) is 10.5. The molecule has 3 rings (SSSR count). The fourth-order valence-electron chi connectivity index (χ4n) is 2.23. The average molecular weight is 247 g/mol. The van der Waals surface area contributed by atoms with E-state index in [4.69, 9.17) is 4.52 Å². The van der Waals surface area contributed by atoms with E-state index in [-0.39, 0.29) is 0 Å². The van der Waals surface area contributed by atoms with E-state index in [1.54, 1.807) is 0 Å². The SMILES string of the molecule is CCn1ccc(-c2nc(C3CCCNC3)no2)n1. The molecule has 0 aliphatic carbocycles. The lowest BCUT2D eigenvalue weighted by atomic mass is 9.99. The van der Waals surface area contributed by atoms with E-state index in [9.17, 15) is 0 Å². The van der Waals surface area contributed by atoms with Crippen molar-refractivity contribution in [2.24, 2.45) is 0 Å². The van der Waals surface area contributed by atoms with Gasteiger partial charge in [-0.15, -0.1) is 0 Å². The van der Waals surface area contributed by atoms with Crippen LogP contribution in [0.15, 0.2) is 16.8 Å². The molecule has 1 unspecified atom stereocenters. The van der Waals surface area contributed by atoms with Crippen molar-refractivity contribution in [1.29, 1.82) is 0 Å². The lowest BCUT2D eigenvalue weighted by Gasteiger charge is -2.19. The third-order valence-electron chi connectivity index (χ3n) is 3.29. The van der Waals surface area contributed by atoms with Crippen molar-refractivity contribution in [2.75, 3.05) is 13.1 Å². The van der Waals surface area contributed by atoms with Gasteiger partial charge in [0.15, 0.2) is 11.5 Å². The molecular weight excluding hydrogens is 230 g/mol. The number of aryl methyl sites for hydroxylation is 1. The second-order valence-corrected chi connectivity index (χ2v) is 4.56. The Bertz CT molecular complexity index is 512. The molecule has 1 aliphatic heterocycles. The lowest BCUT2D eigenvalue weighted by Crippen LogP contribution is -2.28. The second kappa shape index (κ2) is 4.89. The Balaban J connectivity index is 1.79. The van der Waals surface area contributed by atoms with Gasteiger partial charge in [-0.25, -0.2) is 0 Å². The molecule has 1 N–H and O–H groups in total. The van der Waals surface area contributed by atoms with Crippen molar-refractivity contribution >= 4 is 0 Å². The number of rotatable bonds is 3. The average Bonchev–Trinajstić information content (AvgIpc) is 3.08. The summed E-state index contributed by atoms with van der Waals surface area (Å²) in [5.74, 6) is 1.68. The maximum atomic E-state index is 5.30. The summed E-state index contributed by atoms with van der Waals surface area (Å²) < 4.78 is 7.15. The van der Waals surface area contributed by atoms with Crippen molar-refractivity contribution in [2.45, 2.75) is 32.2 Å². The highest BCUT2D eigenvalue weighted by molar-refractivity contribution is 5.45. The largest absolute Gasteiger partial charge is 0.332 e. The summed E-state index contributed by atoms with van der Waals surface area (Å²) in [5.41, 5.74) is 0.749. The van der Waals surface area contributed by atoms with Crippen LogP contribution in [0.5, 0.6) is 0 Å². The van der Waals surface area contributed by atoms with Crippen LogP contribution in [0.3, 0.4) is 0 Å². The summed E-state index contributed by atoms with van der Waals surface area (Å²) in [7, 11) is 0. The topological polar surface area (TPSA) is 68.8 Å². The van der Waals surface area contributed by atoms with Crippen LogP contribution in [0.2, 0.25) is 0 Å². The Kier molecular flexibility index (Phi) is 3.10. The van der Waals surface area contributed by atoms with E-state index in [1.807, 2.05) is 23.9 Å². The van der Waals surface area contributed by atoms with Gasteiger partial charge in [-0.2, -0.15) is 10.1 Å². The molecule has 0 radical (unpaired) electrons. The van der Waals surface area contributed by atoms with Crippen LogP contribution in [0, 0.1) is 0 Å². The molecule has 0 bridgehead atoms. The quantitative estimate of drug-likeness (QED) is 0.888. The van der Waals surface area contributed by atoms with E-state index in [0.717, 1.165) is 37.6 Å². The number of hydrogen-bond acceptors (Lipinski definition) is 5. The van der Waals surface area contributed by atoms with Gasteiger partial charge in [-0.1, -0.05) is 5.16 Å². The first kappa shape index (κ1) is 11.4. The number of nitrogens with zero attached hydrogens (tertiary/aromatic N) is 4. The highest BCUT2D eigenvalue weighted by Gasteiger charge is 2.21. The maximum absolute atomic E-state index is 5.30. The predicted octanol–water partition coefficient (Wildman–Crippen LogP) is 1.42. The molecule has 1 aliphatic rings. The third-order valence-corrected chi connectivity index (χ3v) is 3.29. The molecule has 3 heterocycles. The van der Waals surface area contributed by atoms with Crippen LogP contribution in [-0.4, -0.2) is 33.0 Å². The summed E-state index contributed by atoms with van der Waals surface area (Å²) in [6.45, 7) is 4.90. The van der Waals surface area contributed by atoms with Gasteiger partial charge in [0.05, 0.1) is 0 Å². The van der Waals surface area contributed by atoms with E-state index in [0.29, 0.717) is 11.8 Å². The molecule has 6 nitrogen and oxygen atoms in total. The summed E-state index contributed by atoms with van der Waals surface area (Å²) in [6, 6.07) is 1.90. The minimum Gasteiger partial charge on any atom is -0.332 e. The number of piperidine rings is 1. The number of nitrogens with one attached hydrogen (secondary N) is 1. The van der Waals surface area contributed by atoms with Crippen LogP contribution < -0.4 is 5.32 Å². The minimum absolute atomic E-state index is 0.365. The van der Waals surface area contributed by atoms with Gasteiger partial charge in [0.1, 0.15) is 0 Å². The Morgan fingerprint density at radius 3 is 3.22 bits per heavy atom. The Labute approximate surface area is 105 Å². The van der Waals surface area contributed by atoms with Crippen LogP contribution >= 0.6 is 0 Å². The molecule has 1 saturated heterocycles. The van der Waals surface area contributed by atoms with Gasteiger partial charge < -0.3 is 9.84 Å². The summed E-state index contributed by atoms with van der Waals surface area (Å²) in [4.78, 5) is 4.46. The minimum atomic E-state index is 0.365. The van der Waals surface area contributed by atoms with Crippen molar-refractivity contribution in [3.63, 3.8) is 0 Å². The van der Waals surface area contributed by atoms with E-state index >= 15 is 0 Å². The molecule has 2 aromatic heterocycles. The Morgan fingerprint density at radius 2 is 2.50 bits per heavy atom. The summed E-state index contributed by atoms with van der Waals surface area (Å²) in [6.07, 6.45) is 4.20. The highest BCUT2D eigenvalue weighted by atomic mass is 16.5. The fraction of sp³-hybridized carbons (Fsp3) is 0.583. The van der Waals surface area contributed by atoms with E-state index in [1.165, 1.54) is 6.42 Å². The third kappa shape index (κ3) is 2.15. The monoisotopic (exact) mass is 247 g/mol. The summed E-state index contributed by atoms with van der Waals surface area (Å²) in [5, 5.41) is 11.8. The van der Waals surface area contributed by atoms with E-state index < -0.39 is 0 Å². The molecule has 0 spiro atoms. The molecule has 0 amide bonds. The zero-order chi connectivity index (χ0) is 12.4. The van der Waals surface area contributed by atoms with Gasteiger partial charge in [0.25, 0.3) is 5.89 Å². The smallest absolute Gasteiger partial charge is 0.278 e. The molecule has 6 heteroatoms. The molecule has 2 aromatic rings. The molecule has 0 saturated carbocycles. The fourth-order valence-corrected chi connectivity index (χ4v) is 2.23. The van der Waals surface area contributed by atoms with Crippen LogP contribution in [-0.2, 0) is 6.54 Å². The van der Waals surface area contributed by atoms with Crippen molar-refractivity contribution in [3.05, 3.63) is 18.1 Å². The van der Waals surface area contributed by atoms with Crippen LogP contribution in [0.4, 0.5) is 0 Å². The van der Waals surface area contributed by atoms with Gasteiger partial charge >= 0.3 is 0 Å². The first-order valence-corrected chi connectivity index (χ1v) is 6.45. The van der Waals surface area contributed by atoms with Gasteiger partial charge in [0, 0.05) is 25.2 Å². The van der Waals surface area contributed by atoms with Crippen LogP contribution in [0.1, 0.15) is 31.5 Å². The number of aromatic nitrogens is 4. The van der Waals surface area contributed by atoms with Crippen molar-refractivity contribution in [3.8, 4) is 11.6 Å². The van der Waals surface area contributed by atoms with E-state index in [2.05, 4.69) is 20.6 Å². The molecule has 18 heavy (non-hydrogen) atoms. The molecule has 96 valence electrons. The molecule has 1 atom stereocenters. The Morgan fingerprint density at radius 1 is 1.56 bits per heavy atom. The zero-order valence-electron chi connectivity index (χ0n) is 10.5. The number of hydrogen-bond donors (Lipinski definition) is 1. The maximum Gasteiger partial charge on any atom is 0.278 e. The van der Waals surface area contributed by atoms with Gasteiger partial charge in [-0.3, -0.25) is 4.68 Å². The Hall–Kier alpha value is -1.69. The van der Waals surface area contributed by atoms with Gasteiger partial charge in [0.2, 0.25) is 0 Å². The van der Waals surface area contributed by atoms with Crippen molar-refractivity contribution < 1.29 is 4.52 Å². The predicted molar refractivity (Wildman–Crippen MR) is 66.0 cm³/mol. The molecule has 0 aromatic carbocycles. The second-order valence-electron chi connectivity index (χ2n) is 4.56. The standard InChI is InChI=1S/C12H17N5O/c1-2-17-7-5-10(15-17)12-14-11(16-18-12)9-4-3-6-13-8-9/h5,7,9,13H,2-4,6,8H2,1H3.